The summed E-state index contributed by atoms with van der Waals surface area (Å²) in [7, 11) is 0. The molecule has 1 rings (SSSR count). The third-order valence-electron chi connectivity index (χ3n) is 1.61. The van der Waals surface area contributed by atoms with E-state index in [2.05, 4.69) is 13.2 Å². The second-order valence-corrected chi connectivity index (χ2v) is 4.17. The van der Waals surface area contributed by atoms with Crippen molar-refractivity contribution in [3.63, 3.8) is 0 Å². The molecule has 1 nitrogen and oxygen atoms in total. The molecular formula is C10H14F3NS. The second-order valence-electron chi connectivity index (χ2n) is 3.09. The minimum atomic E-state index is -4.32. The maximum Gasteiger partial charge on any atom is 0.427 e. The fourth-order valence-corrected chi connectivity index (χ4v) is 1.88. The Morgan fingerprint density at radius 1 is 1.33 bits per heavy atom. The fourth-order valence-electron chi connectivity index (χ4n) is 0.931. The molecule has 86 valence electrons. The molecule has 0 aliphatic heterocycles. The fraction of sp³-hybridized carbons (Fsp3) is 0.400. The van der Waals surface area contributed by atoms with E-state index in [1.165, 1.54) is 6.07 Å². The van der Waals surface area contributed by atoms with Crippen LogP contribution in [-0.4, -0.2) is 0 Å². The molecule has 0 spiro atoms. The van der Waals surface area contributed by atoms with Crippen LogP contribution < -0.4 is 5.73 Å². The molecule has 0 saturated heterocycles. The predicted molar refractivity (Wildman–Crippen MR) is 59.1 cm³/mol. The van der Waals surface area contributed by atoms with E-state index >= 15 is 0 Å². The van der Waals surface area contributed by atoms with Gasteiger partial charge in [0, 0.05) is 4.88 Å². The third kappa shape index (κ3) is 3.58. The molecule has 0 bridgehead atoms. The van der Waals surface area contributed by atoms with Crippen LogP contribution in [0.15, 0.2) is 19.2 Å². The smallest absolute Gasteiger partial charge is 0.398 e. The van der Waals surface area contributed by atoms with Crippen LogP contribution in [-0.2, 0) is 6.18 Å². The molecule has 2 N–H and O–H groups in total. The Hall–Kier alpha value is -0.970. The SMILES string of the molecule is C=C.CC(C)c1cc(N)c(C(F)(F)F)s1. The summed E-state index contributed by atoms with van der Waals surface area (Å²) in [5.74, 6) is 0.0865. The predicted octanol–water partition coefficient (Wildman–Crippen LogP) is 4.27. The molecule has 0 amide bonds. The van der Waals surface area contributed by atoms with Crippen molar-refractivity contribution in [1.29, 1.82) is 0 Å². The number of hydrogen-bond donors (Lipinski definition) is 1. The molecule has 1 aromatic heterocycles. The van der Waals surface area contributed by atoms with Crippen molar-refractivity contribution in [2.24, 2.45) is 0 Å². The highest BCUT2D eigenvalue weighted by Gasteiger charge is 2.35. The van der Waals surface area contributed by atoms with Gasteiger partial charge in [0.05, 0.1) is 5.69 Å². The Morgan fingerprint density at radius 3 is 2.00 bits per heavy atom. The number of nitrogens with two attached hydrogens (primary N) is 1. The van der Waals surface area contributed by atoms with Crippen LogP contribution in [0.2, 0.25) is 0 Å². The largest absolute Gasteiger partial charge is 0.427 e. The third-order valence-corrected chi connectivity index (χ3v) is 3.10. The number of nitrogen functional groups attached to an aromatic ring is 1. The van der Waals surface area contributed by atoms with Gasteiger partial charge in [0.2, 0.25) is 0 Å². The molecular weight excluding hydrogens is 223 g/mol. The van der Waals surface area contributed by atoms with Crippen molar-refractivity contribution in [3.05, 3.63) is 29.0 Å². The van der Waals surface area contributed by atoms with Crippen molar-refractivity contribution in [3.8, 4) is 0 Å². The average Bonchev–Trinajstić information content (AvgIpc) is 2.50. The van der Waals surface area contributed by atoms with Gasteiger partial charge in [-0.25, -0.2) is 0 Å². The molecule has 0 aliphatic carbocycles. The molecule has 5 heteroatoms. The summed E-state index contributed by atoms with van der Waals surface area (Å²) in [6.45, 7) is 9.68. The first-order chi connectivity index (χ1) is 6.82. The summed E-state index contributed by atoms with van der Waals surface area (Å²) in [5, 5.41) is 0. The molecule has 15 heavy (non-hydrogen) atoms. The molecule has 0 aromatic carbocycles. The summed E-state index contributed by atoms with van der Waals surface area (Å²) in [6, 6.07) is 1.40. The monoisotopic (exact) mass is 237 g/mol. The maximum absolute atomic E-state index is 12.3. The van der Waals surface area contributed by atoms with Crippen molar-refractivity contribution in [2.75, 3.05) is 5.73 Å². The van der Waals surface area contributed by atoms with Gasteiger partial charge in [-0.3, -0.25) is 0 Å². The molecule has 0 radical (unpaired) electrons. The zero-order chi connectivity index (χ0) is 12.2. The summed E-state index contributed by atoms with van der Waals surface area (Å²) in [5.41, 5.74) is 5.09. The lowest BCUT2D eigenvalue weighted by Gasteiger charge is -2.03. The summed E-state index contributed by atoms with van der Waals surface area (Å²) in [6.07, 6.45) is -4.32. The summed E-state index contributed by atoms with van der Waals surface area (Å²) < 4.78 is 36.8. The normalized spacial score (nSPS) is 11.1. The van der Waals surface area contributed by atoms with E-state index < -0.39 is 11.1 Å². The number of alkyl halides is 3. The Balaban J connectivity index is 0.000000921. The van der Waals surface area contributed by atoms with Crippen LogP contribution in [0.25, 0.3) is 0 Å². The minimum absolute atomic E-state index is 0.0865. The van der Waals surface area contributed by atoms with E-state index in [-0.39, 0.29) is 11.6 Å². The first kappa shape index (κ1) is 14.0. The van der Waals surface area contributed by atoms with Gasteiger partial charge in [-0.05, 0) is 12.0 Å². The lowest BCUT2D eigenvalue weighted by atomic mass is 10.2. The van der Waals surface area contributed by atoms with Crippen LogP contribution in [0.3, 0.4) is 0 Å². The van der Waals surface area contributed by atoms with Gasteiger partial charge in [0.15, 0.2) is 0 Å². The molecule has 0 fully saturated rings. The van der Waals surface area contributed by atoms with Crippen molar-refractivity contribution in [1.82, 2.24) is 0 Å². The van der Waals surface area contributed by atoms with E-state index in [1.54, 1.807) is 0 Å². The van der Waals surface area contributed by atoms with Gasteiger partial charge >= 0.3 is 6.18 Å². The van der Waals surface area contributed by atoms with Crippen LogP contribution in [0.1, 0.15) is 29.5 Å². The highest BCUT2D eigenvalue weighted by molar-refractivity contribution is 7.12. The van der Waals surface area contributed by atoms with Gasteiger partial charge in [0.25, 0.3) is 0 Å². The van der Waals surface area contributed by atoms with E-state index in [0.717, 1.165) is 11.3 Å². The molecule has 1 heterocycles. The first-order valence-electron chi connectivity index (χ1n) is 4.28. The molecule has 0 saturated carbocycles. The van der Waals surface area contributed by atoms with E-state index in [0.29, 0.717) is 4.88 Å². The summed E-state index contributed by atoms with van der Waals surface area (Å²) >= 11 is 0.725. The highest BCUT2D eigenvalue weighted by atomic mass is 32.1. The van der Waals surface area contributed by atoms with Crippen LogP contribution in [0.4, 0.5) is 18.9 Å². The quantitative estimate of drug-likeness (QED) is 0.725. The van der Waals surface area contributed by atoms with E-state index in [9.17, 15) is 13.2 Å². The second kappa shape index (κ2) is 5.21. The van der Waals surface area contributed by atoms with Gasteiger partial charge in [-0.15, -0.1) is 24.5 Å². The Kier molecular flexibility index (Phi) is 4.87. The molecule has 1 aromatic rings. The lowest BCUT2D eigenvalue weighted by Crippen LogP contribution is -2.04. The minimum Gasteiger partial charge on any atom is -0.398 e. The Bertz CT molecular complexity index is 315. The van der Waals surface area contributed by atoms with E-state index in [1.807, 2.05) is 13.8 Å². The topological polar surface area (TPSA) is 26.0 Å². The molecule has 0 atom stereocenters. The maximum atomic E-state index is 12.3. The van der Waals surface area contributed by atoms with Crippen LogP contribution in [0, 0.1) is 0 Å². The summed E-state index contributed by atoms with van der Waals surface area (Å²) in [4.78, 5) is -0.0129. The first-order valence-corrected chi connectivity index (χ1v) is 5.10. The van der Waals surface area contributed by atoms with Crippen molar-refractivity contribution >= 4 is 17.0 Å². The zero-order valence-electron chi connectivity index (χ0n) is 8.69. The van der Waals surface area contributed by atoms with Gasteiger partial charge < -0.3 is 5.73 Å². The van der Waals surface area contributed by atoms with Crippen molar-refractivity contribution < 1.29 is 13.2 Å². The number of anilines is 1. The highest BCUT2D eigenvalue weighted by Crippen LogP contribution is 2.41. The lowest BCUT2D eigenvalue weighted by molar-refractivity contribution is -0.133. The molecule has 0 aliphatic rings. The van der Waals surface area contributed by atoms with Crippen LogP contribution >= 0.6 is 11.3 Å². The number of thiophene rings is 1. The van der Waals surface area contributed by atoms with E-state index in [4.69, 9.17) is 5.73 Å². The van der Waals surface area contributed by atoms with Crippen LogP contribution in [0.5, 0.6) is 0 Å². The van der Waals surface area contributed by atoms with Gasteiger partial charge in [0.1, 0.15) is 4.88 Å². The Morgan fingerprint density at radius 2 is 1.80 bits per heavy atom. The number of halogens is 3. The van der Waals surface area contributed by atoms with Gasteiger partial charge in [-0.1, -0.05) is 13.8 Å². The Labute approximate surface area is 91.4 Å². The van der Waals surface area contributed by atoms with Gasteiger partial charge in [-0.2, -0.15) is 13.2 Å². The standard InChI is InChI=1S/C8H10F3NS.C2H4/c1-4(2)6-3-5(12)7(13-6)8(9,10)11;1-2/h3-4H,12H2,1-2H3;1-2H2. The number of hydrogen-bond acceptors (Lipinski definition) is 2. The van der Waals surface area contributed by atoms with Crippen molar-refractivity contribution in [2.45, 2.75) is 25.9 Å². The molecule has 0 unspecified atom stereocenters. The average molecular weight is 237 g/mol. The zero-order valence-corrected chi connectivity index (χ0v) is 9.50. The number of rotatable bonds is 1.